The molecule has 4 N–H and O–H groups in total. The molecule has 0 saturated heterocycles. The normalized spacial score (nSPS) is 14.4. The molecule has 1 aromatic rings. The summed E-state index contributed by atoms with van der Waals surface area (Å²) in [6, 6.07) is 5.86. The number of benzene rings is 1. The van der Waals surface area contributed by atoms with Crippen LogP contribution in [0.1, 0.15) is 94.8 Å². The van der Waals surface area contributed by atoms with Crippen molar-refractivity contribution in [1.82, 2.24) is 10.8 Å². The zero-order chi connectivity index (χ0) is 25.6. The van der Waals surface area contributed by atoms with Crippen LogP contribution < -0.4 is 16.1 Å². The van der Waals surface area contributed by atoms with Gasteiger partial charge in [0.25, 0.3) is 5.91 Å². The lowest BCUT2D eigenvalue weighted by atomic mass is 10.0. The largest absolute Gasteiger partial charge is 0.461 e. The first-order valence-electron chi connectivity index (χ1n) is 12.6. The predicted octanol–water partition coefficient (Wildman–Crippen LogP) is 4.10. The fourth-order valence-electron chi connectivity index (χ4n) is 4.09. The van der Waals surface area contributed by atoms with E-state index in [0.29, 0.717) is 36.9 Å². The van der Waals surface area contributed by atoms with Crippen molar-refractivity contribution in [2.45, 2.75) is 96.6 Å². The van der Waals surface area contributed by atoms with E-state index in [9.17, 15) is 19.2 Å². The Kier molecular flexibility index (Phi) is 12.2. The zero-order valence-corrected chi connectivity index (χ0v) is 20.8. The Bertz CT molecular complexity index is 834. The monoisotopic (exact) mass is 489 g/mol. The number of esters is 1. The van der Waals surface area contributed by atoms with E-state index < -0.39 is 11.9 Å². The minimum absolute atomic E-state index is 0.0512. The van der Waals surface area contributed by atoms with E-state index >= 15 is 0 Å². The number of rotatable bonds is 14. The summed E-state index contributed by atoms with van der Waals surface area (Å²) in [5, 5.41) is 14.1. The third-order valence-corrected chi connectivity index (χ3v) is 6.00. The molecule has 0 aromatic heterocycles. The standard InChI is InChI=1S/C26H39N3O6/c1-18(2)17-22(26(33)35-21-9-7-8-10-21)28-25(32)19-13-15-20(16-14-19)27-23(30)11-5-3-4-6-12-24(31)29-34/h13-16,18,21-22,34H,3-12,17H2,1-2H3,(H,27,30)(H,28,32)(H,29,31). The quantitative estimate of drug-likeness (QED) is 0.135. The molecular formula is C26H39N3O6. The topological polar surface area (TPSA) is 134 Å². The third-order valence-electron chi connectivity index (χ3n) is 6.00. The van der Waals surface area contributed by atoms with Crippen molar-refractivity contribution in [1.29, 1.82) is 0 Å². The summed E-state index contributed by atoms with van der Waals surface area (Å²) in [6.45, 7) is 3.99. The number of carbonyl (C=O) groups excluding carboxylic acids is 4. The molecule has 0 heterocycles. The van der Waals surface area contributed by atoms with E-state index in [1.54, 1.807) is 29.7 Å². The van der Waals surface area contributed by atoms with Crippen LogP contribution in [0.3, 0.4) is 0 Å². The zero-order valence-electron chi connectivity index (χ0n) is 20.8. The van der Waals surface area contributed by atoms with Crippen molar-refractivity contribution in [3.8, 4) is 0 Å². The van der Waals surface area contributed by atoms with Crippen LogP contribution >= 0.6 is 0 Å². The maximum atomic E-state index is 12.8. The minimum Gasteiger partial charge on any atom is -0.461 e. The summed E-state index contributed by atoms with van der Waals surface area (Å²) in [6.07, 6.45) is 7.93. The molecule has 1 saturated carbocycles. The molecule has 0 bridgehead atoms. The van der Waals surface area contributed by atoms with Gasteiger partial charge in [-0.1, -0.05) is 26.7 Å². The van der Waals surface area contributed by atoms with E-state index in [1.807, 2.05) is 13.8 Å². The molecule has 0 spiro atoms. The number of nitrogens with one attached hydrogen (secondary N) is 3. The van der Waals surface area contributed by atoms with Crippen LogP contribution in [0.15, 0.2) is 24.3 Å². The SMILES string of the molecule is CC(C)CC(NC(=O)c1ccc(NC(=O)CCCCCCC(=O)NO)cc1)C(=O)OC1CCCC1. The van der Waals surface area contributed by atoms with Crippen LogP contribution in [0, 0.1) is 5.92 Å². The molecule has 1 atom stereocenters. The van der Waals surface area contributed by atoms with E-state index in [1.165, 1.54) is 0 Å². The van der Waals surface area contributed by atoms with Gasteiger partial charge in [0.15, 0.2) is 0 Å². The number of ether oxygens (including phenoxy) is 1. The highest BCUT2D eigenvalue weighted by atomic mass is 16.5. The maximum Gasteiger partial charge on any atom is 0.328 e. The van der Waals surface area contributed by atoms with Gasteiger partial charge in [0.05, 0.1) is 0 Å². The second kappa shape index (κ2) is 15.1. The molecule has 0 radical (unpaired) electrons. The summed E-state index contributed by atoms with van der Waals surface area (Å²) in [5.41, 5.74) is 2.59. The predicted molar refractivity (Wildman–Crippen MR) is 132 cm³/mol. The van der Waals surface area contributed by atoms with Crippen LogP contribution in [-0.2, 0) is 19.1 Å². The number of carbonyl (C=O) groups is 4. The Labute approximate surface area is 207 Å². The lowest BCUT2D eigenvalue weighted by Crippen LogP contribution is -2.43. The first-order chi connectivity index (χ1) is 16.8. The highest BCUT2D eigenvalue weighted by Crippen LogP contribution is 2.22. The number of hydrogen-bond acceptors (Lipinski definition) is 6. The van der Waals surface area contributed by atoms with Gasteiger partial charge < -0.3 is 15.4 Å². The van der Waals surface area contributed by atoms with Crippen LogP contribution in [0.25, 0.3) is 0 Å². The lowest BCUT2D eigenvalue weighted by Gasteiger charge is -2.21. The Morgan fingerprint density at radius 1 is 0.943 bits per heavy atom. The highest BCUT2D eigenvalue weighted by Gasteiger charge is 2.27. The number of hydroxylamine groups is 1. The number of hydrogen-bond donors (Lipinski definition) is 4. The van der Waals surface area contributed by atoms with Crippen molar-refractivity contribution in [3.63, 3.8) is 0 Å². The lowest BCUT2D eigenvalue weighted by molar-refractivity contribution is -0.151. The molecule has 1 aromatic carbocycles. The molecule has 1 fully saturated rings. The molecule has 2 rings (SSSR count). The Hall–Kier alpha value is -2.94. The summed E-state index contributed by atoms with van der Waals surface area (Å²) in [5.74, 6) is -1.04. The van der Waals surface area contributed by atoms with Crippen LogP contribution in [0.2, 0.25) is 0 Å². The number of anilines is 1. The molecule has 1 unspecified atom stereocenters. The number of amides is 3. The van der Waals surface area contributed by atoms with Gasteiger partial charge in [-0.05, 0) is 75.1 Å². The molecular weight excluding hydrogens is 450 g/mol. The van der Waals surface area contributed by atoms with Gasteiger partial charge in [0.1, 0.15) is 12.1 Å². The second-order valence-corrected chi connectivity index (χ2v) is 9.57. The van der Waals surface area contributed by atoms with Crippen molar-refractivity contribution >= 4 is 29.4 Å². The molecule has 194 valence electrons. The van der Waals surface area contributed by atoms with Gasteiger partial charge in [0.2, 0.25) is 11.8 Å². The Morgan fingerprint density at radius 2 is 1.54 bits per heavy atom. The summed E-state index contributed by atoms with van der Waals surface area (Å²) < 4.78 is 5.61. The smallest absolute Gasteiger partial charge is 0.328 e. The molecule has 9 nitrogen and oxygen atoms in total. The van der Waals surface area contributed by atoms with Gasteiger partial charge in [-0.2, -0.15) is 0 Å². The Balaban J connectivity index is 1.78. The van der Waals surface area contributed by atoms with Crippen molar-refractivity contribution < 1.29 is 29.1 Å². The van der Waals surface area contributed by atoms with Gasteiger partial charge in [-0.25, -0.2) is 10.3 Å². The molecule has 35 heavy (non-hydrogen) atoms. The van der Waals surface area contributed by atoms with E-state index in [-0.39, 0.29) is 36.2 Å². The molecule has 9 heteroatoms. The highest BCUT2D eigenvalue weighted by molar-refractivity contribution is 5.97. The minimum atomic E-state index is -0.694. The van der Waals surface area contributed by atoms with Gasteiger partial charge in [-0.3, -0.25) is 19.6 Å². The average Bonchev–Trinajstić information content (AvgIpc) is 3.33. The summed E-state index contributed by atoms with van der Waals surface area (Å²) in [7, 11) is 0. The first-order valence-corrected chi connectivity index (χ1v) is 12.6. The molecule has 3 amide bonds. The van der Waals surface area contributed by atoms with E-state index in [4.69, 9.17) is 9.94 Å². The molecule has 1 aliphatic carbocycles. The summed E-state index contributed by atoms with van der Waals surface area (Å²) in [4.78, 5) is 48.5. The average molecular weight is 490 g/mol. The van der Waals surface area contributed by atoms with Crippen LogP contribution in [-0.4, -0.2) is 41.0 Å². The fourth-order valence-corrected chi connectivity index (χ4v) is 4.09. The number of unbranched alkanes of at least 4 members (excludes halogenated alkanes) is 3. The van der Waals surface area contributed by atoms with E-state index in [2.05, 4.69) is 10.6 Å². The van der Waals surface area contributed by atoms with Crippen LogP contribution in [0.4, 0.5) is 5.69 Å². The van der Waals surface area contributed by atoms with Crippen molar-refractivity contribution in [3.05, 3.63) is 29.8 Å². The molecule has 0 aliphatic heterocycles. The van der Waals surface area contributed by atoms with E-state index in [0.717, 1.165) is 38.5 Å². The molecule has 1 aliphatic rings. The summed E-state index contributed by atoms with van der Waals surface area (Å²) >= 11 is 0. The maximum absolute atomic E-state index is 12.8. The fraction of sp³-hybridized carbons (Fsp3) is 0.615. The first kappa shape index (κ1) is 28.3. The van der Waals surface area contributed by atoms with Crippen molar-refractivity contribution in [2.75, 3.05) is 5.32 Å². The van der Waals surface area contributed by atoms with Crippen LogP contribution in [0.5, 0.6) is 0 Å². The third kappa shape index (κ3) is 10.9. The van der Waals surface area contributed by atoms with Gasteiger partial charge in [0, 0.05) is 24.1 Å². The van der Waals surface area contributed by atoms with Gasteiger partial charge in [-0.15, -0.1) is 0 Å². The van der Waals surface area contributed by atoms with Gasteiger partial charge >= 0.3 is 5.97 Å². The Morgan fingerprint density at radius 3 is 2.11 bits per heavy atom. The second-order valence-electron chi connectivity index (χ2n) is 9.57. The van der Waals surface area contributed by atoms with Crippen molar-refractivity contribution in [2.24, 2.45) is 5.92 Å².